The average molecular weight is 407 g/mol. The molecule has 3 rings (SSSR count). The second-order valence-corrected chi connectivity index (χ2v) is 10.8. The van der Waals surface area contributed by atoms with Crippen molar-refractivity contribution in [3.63, 3.8) is 0 Å². The Balaban J connectivity index is 1.58. The number of nitrogens with zero attached hydrogens (tertiary/aromatic N) is 1. The third kappa shape index (κ3) is 5.23. The highest BCUT2D eigenvalue weighted by molar-refractivity contribution is 7.90. The number of anilines is 1. The van der Waals surface area contributed by atoms with E-state index >= 15 is 0 Å². The summed E-state index contributed by atoms with van der Waals surface area (Å²) < 4.78 is 24.4. The van der Waals surface area contributed by atoms with Crippen LogP contribution in [0.2, 0.25) is 0 Å². The van der Waals surface area contributed by atoms with Crippen LogP contribution in [0.5, 0.6) is 0 Å². The third-order valence-electron chi connectivity index (χ3n) is 4.35. The Bertz CT molecular complexity index is 963. The van der Waals surface area contributed by atoms with Crippen LogP contribution in [0.1, 0.15) is 47.6 Å². The number of Topliss-reactive ketones (excluding diaryl/α,β-unsaturated/α-hetero) is 1. The number of carbonyl (C=O) groups excluding carboxylic acids is 2. The highest BCUT2D eigenvalue weighted by Gasteiger charge is 2.34. The van der Waals surface area contributed by atoms with E-state index in [1.165, 1.54) is 11.3 Å². The van der Waals surface area contributed by atoms with Crippen LogP contribution in [0.4, 0.5) is 5.13 Å². The Morgan fingerprint density at radius 2 is 1.93 bits per heavy atom. The molecule has 0 bridgehead atoms. The lowest BCUT2D eigenvalue weighted by Crippen LogP contribution is -2.26. The van der Waals surface area contributed by atoms with Crippen molar-refractivity contribution in [1.82, 2.24) is 4.98 Å². The number of fused-ring (bicyclic) bond motifs is 1. The predicted molar refractivity (Wildman–Crippen MR) is 106 cm³/mol. The van der Waals surface area contributed by atoms with Gasteiger partial charge in [0.2, 0.25) is 5.91 Å². The van der Waals surface area contributed by atoms with Crippen LogP contribution >= 0.6 is 11.3 Å². The summed E-state index contributed by atoms with van der Waals surface area (Å²) in [5.41, 5.74) is 1.28. The lowest BCUT2D eigenvalue weighted by Gasteiger charge is -2.26. The van der Waals surface area contributed by atoms with Gasteiger partial charge in [-0.2, -0.15) is 0 Å². The molecule has 0 fully saturated rings. The molecule has 1 aliphatic rings. The first-order valence-electron chi connectivity index (χ1n) is 8.71. The van der Waals surface area contributed by atoms with E-state index in [-0.39, 0.29) is 29.1 Å². The molecule has 144 valence electrons. The van der Waals surface area contributed by atoms with Crippen LogP contribution < -0.4 is 5.32 Å². The molecule has 1 N–H and O–H groups in total. The summed E-state index contributed by atoms with van der Waals surface area (Å²) in [5.74, 6) is -0.685. The van der Waals surface area contributed by atoms with Gasteiger partial charge in [-0.05, 0) is 17.4 Å². The molecule has 0 atom stereocenters. The van der Waals surface area contributed by atoms with Crippen LogP contribution in [0.25, 0.3) is 0 Å². The molecule has 1 amide bonds. The quantitative estimate of drug-likeness (QED) is 0.795. The molecule has 0 saturated heterocycles. The number of carbonyl (C=O) groups is 2. The number of thiazole rings is 1. The molecule has 1 aliphatic carbocycles. The van der Waals surface area contributed by atoms with Gasteiger partial charge in [-0.3, -0.25) is 9.59 Å². The van der Waals surface area contributed by atoms with Crippen LogP contribution in [0, 0.1) is 5.41 Å². The molecule has 1 heterocycles. The Hall–Kier alpha value is -2.06. The minimum atomic E-state index is -3.38. The fourth-order valence-corrected chi connectivity index (χ4v) is 5.38. The Kier molecular flexibility index (Phi) is 5.48. The van der Waals surface area contributed by atoms with E-state index in [0.29, 0.717) is 34.1 Å². The Morgan fingerprint density at radius 3 is 2.63 bits per heavy atom. The first-order valence-corrected chi connectivity index (χ1v) is 11.3. The fourth-order valence-electron chi connectivity index (χ4n) is 3.10. The monoisotopic (exact) mass is 406 g/mol. The summed E-state index contributed by atoms with van der Waals surface area (Å²) in [6.07, 6.45) is 1.01. The molecule has 0 radical (unpaired) electrons. The minimum Gasteiger partial charge on any atom is -0.302 e. The van der Waals surface area contributed by atoms with Gasteiger partial charge in [-0.15, -0.1) is 0 Å². The van der Waals surface area contributed by atoms with Gasteiger partial charge in [-0.25, -0.2) is 13.4 Å². The van der Waals surface area contributed by atoms with Crippen molar-refractivity contribution in [2.24, 2.45) is 5.41 Å². The van der Waals surface area contributed by atoms with E-state index in [0.717, 1.165) is 0 Å². The van der Waals surface area contributed by atoms with Crippen molar-refractivity contribution in [3.05, 3.63) is 46.5 Å². The smallest absolute Gasteiger partial charge is 0.227 e. The van der Waals surface area contributed by atoms with Crippen molar-refractivity contribution in [1.29, 1.82) is 0 Å². The highest BCUT2D eigenvalue weighted by Crippen LogP contribution is 2.38. The molecule has 1 aromatic carbocycles. The number of rotatable bonds is 6. The second kappa shape index (κ2) is 7.52. The SMILES string of the molecule is CC1(C)CC(=O)c2sc(NC(=O)CCS(=O)(=O)Cc3ccccc3)nc2C1. The minimum absolute atomic E-state index is 0.0460. The number of amides is 1. The number of ketones is 1. The number of nitrogens with one attached hydrogen (secondary N) is 1. The van der Waals surface area contributed by atoms with E-state index < -0.39 is 15.7 Å². The van der Waals surface area contributed by atoms with Gasteiger partial charge in [0.05, 0.1) is 22.1 Å². The van der Waals surface area contributed by atoms with E-state index in [2.05, 4.69) is 10.3 Å². The number of sulfone groups is 1. The molecule has 0 spiro atoms. The average Bonchev–Trinajstić information content (AvgIpc) is 2.95. The zero-order valence-corrected chi connectivity index (χ0v) is 17.0. The van der Waals surface area contributed by atoms with Crippen LogP contribution in [0.15, 0.2) is 30.3 Å². The summed E-state index contributed by atoms with van der Waals surface area (Å²) in [4.78, 5) is 29.3. The van der Waals surface area contributed by atoms with Gasteiger partial charge in [0.25, 0.3) is 0 Å². The largest absolute Gasteiger partial charge is 0.302 e. The fraction of sp³-hybridized carbons (Fsp3) is 0.421. The van der Waals surface area contributed by atoms with E-state index in [1.54, 1.807) is 24.3 Å². The van der Waals surface area contributed by atoms with Crippen molar-refractivity contribution < 1.29 is 18.0 Å². The van der Waals surface area contributed by atoms with E-state index in [1.807, 2.05) is 19.9 Å². The van der Waals surface area contributed by atoms with E-state index in [9.17, 15) is 18.0 Å². The number of hydrogen-bond acceptors (Lipinski definition) is 6. The predicted octanol–water partition coefficient (Wildman–Crippen LogP) is 3.24. The summed E-state index contributed by atoms with van der Waals surface area (Å²) in [6.45, 7) is 4.03. The number of hydrogen-bond donors (Lipinski definition) is 1. The normalized spacial score (nSPS) is 16.0. The molecule has 0 unspecified atom stereocenters. The van der Waals surface area contributed by atoms with Gasteiger partial charge in [-0.1, -0.05) is 55.5 Å². The maximum atomic E-state index is 12.2. The molecule has 1 aromatic heterocycles. The topological polar surface area (TPSA) is 93.2 Å². The number of aromatic nitrogens is 1. The zero-order valence-electron chi connectivity index (χ0n) is 15.3. The molecule has 8 heteroatoms. The van der Waals surface area contributed by atoms with Gasteiger partial charge >= 0.3 is 0 Å². The summed E-state index contributed by atoms with van der Waals surface area (Å²) in [7, 11) is -3.38. The summed E-state index contributed by atoms with van der Waals surface area (Å²) in [6, 6.07) is 8.88. The van der Waals surface area contributed by atoms with Gasteiger partial charge in [0.15, 0.2) is 20.8 Å². The van der Waals surface area contributed by atoms with Crippen LogP contribution in [0.3, 0.4) is 0 Å². The maximum absolute atomic E-state index is 12.2. The first kappa shape index (κ1) is 19.7. The highest BCUT2D eigenvalue weighted by atomic mass is 32.2. The maximum Gasteiger partial charge on any atom is 0.227 e. The van der Waals surface area contributed by atoms with Gasteiger partial charge in [0, 0.05) is 12.8 Å². The van der Waals surface area contributed by atoms with Crippen molar-refractivity contribution in [2.45, 2.75) is 38.9 Å². The first-order chi connectivity index (χ1) is 12.6. The molecule has 0 aliphatic heterocycles. The molecule has 27 heavy (non-hydrogen) atoms. The van der Waals surface area contributed by atoms with Crippen molar-refractivity contribution in [2.75, 3.05) is 11.1 Å². The van der Waals surface area contributed by atoms with Gasteiger partial charge in [0.1, 0.15) is 0 Å². The molecule has 2 aromatic rings. The molecular weight excluding hydrogens is 384 g/mol. The van der Waals surface area contributed by atoms with Crippen LogP contribution in [-0.4, -0.2) is 30.8 Å². The van der Waals surface area contributed by atoms with Crippen LogP contribution in [-0.2, 0) is 26.8 Å². The molecular formula is C19H22N2O4S2. The standard InChI is InChI=1S/C19H22N2O4S2/c1-19(2)10-14-17(15(22)11-19)26-18(20-14)21-16(23)8-9-27(24,25)12-13-6-4-3-5-7-13/h3-7H,8-12H2,1-2H3,(H,20,21,23). The Labute approximate surface area is 162 Å². The van der Waals surface area contributed by atoms with Crippen molar-refractivity contribution in [3.8, 4) is 0 Å². The zero-order chi connectivity index (χ0) is 19.7. The lowest BCUT2D eigenvalue weighted by atomic mass is 9.78. The molecule has 6 nitrogen and oxygen atoms in total. The number of benzene rings is 1. The lowest BCUT2D eigenvalue weighted by molar-refractivity contribution is -0.115. The summed E-state index contributed by atoms with van der Waals surface area (Å²) in [5, 5.41) is 2.99. The Morgan fingerprint density at radius 1 is 1.22 bits per heavy atom. The summed E-state index contributed by atoms with van der Waals surface area (Å²) >= 11 is 1.17. The third-order valence-corrected chi connectivity index (χ3v) is 7.01. The molecule has 0 saturated carbocycles. The van der Waals surface area contributed by atoms with E-state index in [4.69, 9.17) is 0 Å². The van der Waals surface area contributed by atoms with Crippen molar-refractivity contribution >= 4 is 38.0 Å². The van der Waals surface area contributed by atoms with Gasteiger partial charge < -0.3 is 5.32 Å². The second-order valence-electron chi connectivity index (χ2n) is 7.61.